The number of halogens is 2. The predicted molar refractivity (Wildman–Crippen MR) is 118 cm³/mol. The van der Waals surface area contributed by atoms with Crippen LogP contribution >= 0.6 is 23.2 Å². The van der Waals surface area contributed by atoms with Gasteiger partial charge in [-0.25, -0.2) is 4.98 Å². The number of phenolic OH excluding ortho intramolecular Hbond substituents is 1. The Hall–Kier alpha value is -3.22. The zero-order valence-electron chi connectivity index (χ0n) is 16.0. The van der Waals surface area contributed by atoms with Gasteiger partial charge in [-0.2, -0.15) is 0 Å². The van der Waals surface area contributed by atoms with Gasteiger partial charge in [-0.15, -0.1) is 0 Å². The lowest BCUT2D eigenvalue weighted by Gasteiger charge is -2.06. The van der Waals surface area contributed by atoms with Crippen LogP contribution in [0.25, 0.3) is 22.6 Å². The van der Waals surface area contributed by atoms with Crippen molar-refractivity contribution in [2.75, 3.05) is 14.2 Å². The van der Waals surface area contributed by atoms with E-state index in [1.54, 1.807) is 54.7 Å². The topological polar surface area (TPSA) is 77.1 Å². The molecule has 0 unspecified atom stereocenters. The molecule has 3 aromatic carbocycles. The first kappa shape index (κ1) is 20.1. The number of aromatic hydroxyl groups is 1. The molecule has 8 heteroatoms. The van der Waals surface area contributed by atoms with Crippen molar-refractivity contribution < 1.29 is 19.0 Å². The number of nitrogens with zero attached hydrogens (tertiary/aromatic N) is 2. The Labute approximate surface area is 182 Å². The first-order valence-corrected chi connectivity index (χ1v) is 9.59. The Bertz CT molecular complexity index is 1240. The summed E-state index contributed by atoms with van der Waals surface area (Å²) in [5, 5.41) is 10.9. The zero-order valence-corrected chi connectivity index (χ0v) is 17.5. The van der Waals surface area contributed by atoms with Crippen molar-refractivity contribution in [2.45, 2.75) is 0 Å². The molecule has 0 saturated heterocycles. The van der Waals surface area contributed by atoms with Crippen molar-refractivity contribution in [1.29, 1.82) is 0 Å². The molecule has 0 radical (unpaired) electrons. The van der Waals surface area contributed by atoms with E-state index in [2.05, 4.69) is 9.98 Å². The zero-order chi connectivity index (χ0) is 21.3. The largest absolute Gasteiger partial charge is 0.504 e. The molecule has 1 N–H and O–H groups in total. The van der Waals surface area contributed by atoms with Crippen LogP contribution in [0.15, 0.2) is 57.9 Å². The monoisotopic (exact) mass is 442 g/mol. The Morgan fingerprint density at radius 2 is 1.80 bits per heavy atom. The van der Waals surface area contributed by atoms with E-state index < -0.39 is 0 Å². The highest BCUT2D eigenvalue weighted by Gasteiger charge is 2.14. The molecule has 30 heavy (non-hydrogen) atoms. The molecule has 4 aromatic rings. The van der Waals surface area contributed by atoms with Crippen molar-refractivity contribution in [3.8, 4) is 28.7 Å². The van der Waals surface area contributed by atoms with Gasteiger partial charge in [-0.3, -0.25) is 4.99 Å². The Kier molecular flexibility index (Phi) is 5.53. The quantitative estimate of drug-likeness (QED) is 0.368. The average molecular weight is 443 g/mol. The van der Waals surface area contributed by atoms with Gasteiger partial charge in [0.1, 0.15) is 5.52 Å². The number of benzene rings is 3. The van der Waals surface area contributed by atoms with Crippen LogP contribution in [0, 0.1) is 0 Å². The van der Waals surface area contributed by atoms with Gasteiger partial charge in [0, 0.05) is 17.3 Å². The lowest BCUT2D eigenvalue weighted by Crippen LogP contribution is -1.88. The molecule has 0 atom stereocenters. The van der Waals surface area contributed by atoms with Crippen LogP contribution in [0.1, 0.15) is 5.56 Å². The number of methoxy groups -OCH3 is 2. The van der Waals surface area contributed by atoms with Gasteiger partial charge in [0.05, 0.1) is 30.0 Å². The molecular formula is C22H16Cl2N2O4. The molecule has 6 nitrogen and oxygen atoms in total. The number of aromatic nitrogens is 1. The van der Waals surface area contributed by atoms with Crippen LogP contribution in [0.2, 0.25) is 10.0 Å². The summed E-state index contributed by atoms with van der Waals surface area (Å²) in [5.41, 5.74) is 3.04. The van der Waals surface area contributed by atoms with Gasteiger partial charge >= 0.3 is 0 Å². The second-order valence-corrected chi connectivity index (χ2v) is 7.11. The highest BCUT2D eigenvalue weighted by Crippen LogP contribution is 2.38. The number of para-hydroxylation sites is 1. The Morgan fingerprint density at radius 3 is 2.50 bits per heavy atom. The van der Waals surface area contributed by atoms with Crippen molar-refractivity contribution in [1.82, 2.24) is 4.98 Å². The third-order valence-electron chi connectivity index (χ3n) is 4.42. The Balaban J connectivity index is 1.67. The number of oxazole rings is 1. The molecule has 152 valence electrons. The minimum Gasteiger partial charge on any atom is -0.504 e. The summed E-state index contributed by atoms with van der Waals surface area (Å²) in [6.07, 6.45) is 1.56. The minimum absolute atomic E-state index is 0.0295. The summed E-state index contributed by atoms with van der Waals surface area (Å²) in [7, 11) is 2.99. The maximum absolute atomic E-state index is 10.2. The fourth-order valence-electron chi connectivity index (χ4n) is 2.95. The number of hydrogen-bond acceptors (Lipinski definition) is 6. The fraction of sp³-hybridized carbons (Fsp3) is 0.0909. The molecular weight excluding hydrogens is 427 g/mol. The standard InChI is InChI=1S/C22H16Cl2N2O4/c1-28-19-5-3-4-12(20(19)27)11-25-14-6-7-18-17(10-14)26-22(30-18)13-8-15(23)21(29-2)16(24)9-13/h3-11,27H,1-2H3. The molecule has 0 aliphatic carbocycles. The van der Waals surface area contributed by atoms with Gasteiger partial charge < -0.3 is 19.0 Å². The number of fused-ring (bicyclic) bond motifs is 1. The number of phenols is 1. The molecule has 1 heterocycles. The van der Waals surface area contributed by atoms with Crippen molar-refractivity contribution in [3.05, 3.63) is 64.1 Å². The summed E-state index contributed by atoms with van der Waals surface area (Å²) in [6.45, 7) is 0. The number of hydrogen-bond donors (Lipinski definition) is 1. The summed E-state index contributed by atoms with van der Waals surface area (Å²) >= 11 is 12.4. The lowest BCUT2D eigenvalue weighted by molar-refractivity contribution is 0.373. The molecule has 0 fully saturated rings. The number of ether oxygens (including phenoxy) is 2. The SMILES string of the molecule is COc1cccc(C=Nc2ccc3oc(-c4cc(Cl)c(OC)c(Cl)c4)nc3c2)c1O. The summed E-state index contributed by atoms with van der Waals surface area (Å²) in [5.74, 6) is 1.19. The molecule has 4 rings (SSSR count). The van der Waals surface area contributed by atoms with E-state index in [-0.39, 0.29) is 5.75 Å². The third kappa shape index (κ3) is 3.79. The van der Waals surface area contributed by atoms with Crippen LogP contribution < -0.4 is 9.47 Å². The van der Waals surface area contributed by atoms with Crippen molar-refractivity contribution >= 4 is 46.2 Å². The molecule has 0 amide bonds. The average Bonchev–Trinajstić information content (AvgIpc) is 3.16. The smallest absolute Gasteiger partial charge is 0.227 e. The highest BCUT2D eigenvalue weighted by molar-refractivity contribution is 6.37. The summed E-state index contributed by atoms with van der Waals surface area (Å²) in [6, 6.07) is 13.9. The maximum atomic E-state index is 10.2. The van der Waals surface area contributed by atoms with E-state index in [0.29, 0.717) is 55.3 Å². The fourth-order valence-corrected chi connectivity index (χ4v) is 3.59. The molecule has 0 spiro atoms. The van der Waals surface area contributed by atoms with Gasteiger partial charge in [-0.1, -0.05) is 29.3 Å². The molecule has 0 aliphatic rings. The van der Waals surface area contributed by atoms with E-state index in [1.807, 2.05) is 0 Å². The van der Waals surface area contributed by atoms with Gasteiger partial charge in [0.15, 0.2) is 22.8 Å². The van der Waals surface area contributed by atoms with Crippen molar-refractivity contribution in [2.24, 2.45) is 4.99 Å². The second-order valence-electron chi connectivity index (χ2n) is 6.30. The Morgan fingerprint density at radius 1 is 1.03 bits per heavy atom. The van der Waals surface area contributed by atoms with Gasteiger partial charge in [-0.05, 0) is 42.5 Å². The van der Waals surface area contributed by atoms with Crippen LogP contribution in [0.4, 0.5) is 5.69 Å². The number of rotatable bonds is 5. The summed E-state index contributed by atoms with van der Waals surface area (Å²) < 4.78 is 16.1. The molecule has 1 aromatic heterocycles. The first-order valence-electron chi connectivity index (χ1n) is 8.84. The summed E-state index contributed by atoms with van der Waals surface area (Å²) in [4.78, 5) is 8.93. The maximum Gasteiger partial charge on any atom is 0.227 e. The highest BCUT2D eigenvalue weighted by atomic mass is 35.5. The van der Waals surface area contributed by atoms with E-state index in [4.69, 9.17) is 37.1 Å². The third-order valence-corrected chi connectivity index (χ3v) is 4.98. The predicted octanol–water partition coefficient (Wildman–Crippen LogP) is 6.28. The lowest BCUT2D eigenvalue weighted by atomic mass is 10.2. The van der Waals surface area contributed by atoms with Crippen LogP contribution in [0.3, 0.4) is 0 Å². The van der Waals surface area contributed by atoms with E-state index in [9.17, 15) is 5.11 Å². The van der Waals surface area contributed by atoms with Crippen LogP contribution in [0.5, 0.6) is 17.2 Å². The van der Waals surface area contributed by atoms with E-state index in [1.165, 1.54) is 14.2 Å². The molecule has 0 saturated carbocycles. The van der Waals surface area contributed by atoms with Crippen LogP contribution in [-0.2, 0) is 0 Å². The minimum atomic E-state index is 0.0295. The van der Waals surface area contributed by atoms with Crippen LogP contribution in [-0.4, -0.2) is 30.5 Å². The molecule has 0 aliphatic heterocycles. The normalized spacial score (nSPS) is 11.3. The van der Waals surface area contributed by atoms with Crippen molar-refractivity contribution in [3.63, 3.8) is 0 Å². The van der Waals surface area contributed by atoms with E-state index in [0.717, 1.165) is 0 Å². The number of aliphatic imine (C=N–C) groups is 1. The van der Waals surface area contributed by atoms with E-state index >= 15 is 0 Å². The van der Waals surface area contributed by atoms with Gasteiger partial charge in [0.25, 0.3) is 0 Å². The first-order chi connectivity index (χ1) is 14.5. The molecule has 0 bridgehead atoms. The second kappa shape index (κ2) is 8.26. The van der Waals surface area contributed by atoms with Gasteiger partial charge in [0.2, 0.25) is 5.89 Å².